The molecule has 6 rings (SSSR count). The minimum Gasteiger partial charge on any atom is -1.00 e. The van der Waals surface area contributed by atoms with Crippen molar-refractivity contribution < 1.29 is 26.8 Å². The summed E-state index contributed by atoms with van der Waals surface area (Å²) in [5.41, 5.74) is 3.47. The molecule has 4 nitrogen and oxygen atoms in total. The molecule has 5 heteroatoms. The number of hydrogen-bond acceptors (Lipinski definition) is 2. The Balaban J connectivity index is 0.00000384. The smallest absolute Gasteiger partial charge is 0.220 e. The van der Waals surface area contributed by atoms with Crippen LogP contribution < -0.4 is 17.7 Å². The molecule has 5 unspecified atom stereocenters. The molecule has 1 heterocycles. The normalized spacial score (nSPS) is 38.0. The number of hydrogen-bond donors (Lipinski definition) is 2. The fourth-order valence-electron chi connectivity index (χ4n) is 11.9. The predicted molar refractivity (Wildman–Crippen MR) is 177 cm³/mol. The van der Waals surface area contributed by atoms with Gasteiger partial charge in [-0.2, -0.15) is 0 Å². The van der Waals surface area contributed by atoms with Gasteiger partial charge in [0.2, 0.25) is 5.91 Å². The van der Waals surface area contributed by atoms with Crippen LogP contribution >= 0.6 is 0 Å². The second-order valence-corrected chi connectivity index (χ2v) is 16.5. The number of likely N-dealkylation sites (tertiary alicyclic amines) is 1. The molecule has 1 aliphatic heterocycles. The quantitative estimate of drug-likeness (QED) is 0.360. The molecule has 0 aromatic heterocycles. The van der Waals surface area contributed by atoms with Gasteiger partial charge in [-0.05, 0) is 116 Å². The molecule has 0 bridgehead atoms. The number of rotatable bonds is 10. The first-order valence-corrected chi connectivity index (χ1v) is 18.2. The highest BCUT2D eigenvalue weighted by atomic mass is 35.5. The van der Waals surface area contributed by atoms with E-state index in [2.05, 4.69) is 56.9 Å². The summed E-state index contributed by atoms with van der Waals surface area (Å²) in [5, 5.41) is 13.7. The first kappa shape index (κ1) is 34.0. The van der Waals surface area contributed by atoms with Crippen LogP contribution in [0.3, 0.4) is 0 Å². The topological polar surface area (TPSA) is 49.3 Å². The summed E-state index contributed by atoms with van der Waals surface area (Å²) in [4.78, 5) is 13.1. The van der Waals surface area contributed by atoms with Crippen LogP contribution in [0.5, 0.6) is 0 Å². The lowest BCUT2D eigenvalue weighted by atomic mass is 9.44. The van der Waals surface area contributed by atoms with Gasteiger partial charge in [-0.25, -0.2) is 0 Å². The molecule has 0 radical (unpaired) electrons. The van der Waals surface area contributed by atoms with Gasteiger partial charge in [0.15, 0.2) is 0 Å². The van der Waals surface area contributed by atoms with Crippen LogP contribution in [0.2, 0.25) is 0 Å². The Labute approximate surface area is 274 Å². The fourth-order valence-corrected chi connectivity index (χ4v) is 11.9. The Morgan fingerprint density at radius 2 is 1.73 bits per heavy atom. The minimum atomic E-state index is -0.0548. The Hall–Kier alpha value is -1.36. The molecule has 4 aliphatic carbocycles. The van der Waals surface area contributed by atoms with Gasteiger partial charge in [-0.1, -0.05) is 57.7 Å². The van der Waals surface area contributed by atoms with Crippen molar-refractivity contribution in [3.05, 3.63) is 42.0 Å². The Bertz CT molecular complexity index is 1130. The number of amides is 1. The molecular formula is C39H61ClN2O2. The second kappa shape index (κ2) is 13.8. The van der Waals surface area contributed by atoms with E-state index in [-0.39, 0.29) is 24.4 Å². The third kappa shape index (κ3) is 6.56. The Morgan fingerprint density at radius 1 is 1.02 bits per heavy atom. The van der Waals surface area contributed by atoms with E-state index in [1.165, 1.54) is 82.0 Å². The number of aliphatic hydroxyl groups is 1. The van der Waals surface area contributed by atoms with Gasteiger partial charge in [0.1, 0.15) is 6.54 Å². The van der Waals surface area contributed by atoms with E-state index in [9.17, 15) is 9.90 Å². The summed E-state index contributed by atoms with van der Waals surface area (Å²) in [5.74, 6) is 4.99. The lowest BCUT2D eigenvalue weighted by Gasteiger charge is -2.61. The average Bonchev–Trinajstić information content (AvgIpc) is 3.61. The average molecular weight is 625 g/mol. The number of fused-ring (bicyclic) bond motifs is 5. The van der Waals surface area contributed by atoms with Gasteiger partial charge < -0.3 is 27.3 Å². The van der Waals surface area contributed by atoms with Crippen LogP contribution in [0.4, 0.5) is 0 Å². The number of halogens is 1. The summed E-state index contributed by atoms with van der Waals surface area (Å²) in [7, 11) is 0. The molecule has 1 aromatic rings. The molecule has 246 valence electrons. The summed E-state index contributed by atoms with van der Waals surface area (Å²) in [6, 6.07) is 8.85. The maximum absolute atomic E-state index is 13.1. The molecule has 1 amide bonds. The van der Waals surface area contributed by atoms with Crippen LogP contribution in [0.25, 0.3) is 6.08 Å². The number of carbonyl (C=O) groups excluding carboxylic acids is 1. The number of nitrogens with one attached hydrogen (secondary N) is 1. The SMILES string of the molecule is C=Cc1ccc(C[N+]2(CCNC(=O)CCC(C)[C@H]3CCC4C5CCC6C[C@H](O)CC[C@]6(C)C5CC[C@@]43C)CCCC2)cc1.[Cl-]. The van der Waals surface area contributed by atoms with Gasteiger partial charge >= 0.3 is 0 Å². The molecule has 44 heavy (non-hydrogen) atoms. The lowest BCUT2D eigenvalue weighted by Crippen LogP contribution is -3.00. The van der Waals surface area contributed by atoms with E-state index < -0.39 is 0 Å². The van der Waals surface area contributed by atoms with Gasteiger partial charge in [0, 0.05) is 24.8 Å². The number of benzene rings is 1. The number of quaternary nitrogens is 1. The first-order valence-electron chi connectivity index (χ1n) is 18.2. The van der Waals surface area contributed by atoms with Gasteiger partial charge in [0.25, 0.3) is 0 Å². The van der Waals surface area contributed by atoms with E-state index in [1.54, 1.807) is 0 Å². The van der Waals surface area contributed by atoms with Crippen molar-refractivity contribution in [1.82, 2.24) is 5.32 Å². The Kier molecular flexibility index (Phi) is 10.6. The number of aliphatic hydroxyl groups excluding tert-OH is 1. The minimum absolute atomic E-state index is 0. The van der Waals surface area contributed by atoms with Gasteiger partial charge in [-0.3, -0.25) is 4.79 Å². The summed E-state index contributed by atoms with van der Waals surface area (Å²) < 4.78 is 1.11. The highest BCUT2D eigenvalue weighted by molar-refractivity contribution is 5.75. The largest absolute Gasteiger partial charge is 1.00 e. The van der Waals surface area contributed by atoms with Crippen molar-refractivity contribution in [1.29, 1.82) is 0 Å². The third-order valence-corrected chi connectivity index (χ3v) is 14.4. The van der Waals surface area contributed by atoms with Crippen LogP contribution in [0, 0.1) is 46.3 Å². The van der Waals surface area contributed by atoms with Gasteiger partial charge in [0.05, 0.1) is 32.3 Å². The maximum Gasteiger partial charge on any atom is 0.220 e. The number of nitrogens with zero attached hydrogens (tertiary/aromatic N) is 1. The first-order chi connectivity index (χ1) is 20.7. The zero-order chi connectivity index (χ0) is 30.2. The Morgan fingerprint density at radius 3 is 2.45 bits per heavy atom. The van der Waals surface area contributed by atoms with E-state index >= 15 is 0 Å². The summed E-state index contributed by atoms with van der Waals surface area (Å²) in [6.07, 6.45) is 17.7. The van der Waals surface area contributed by atoms with Crippen molar-refractivity contribution in [3.8, 4) is 0 Å². The molecule has 4 saturated carbocycles. The maximum atomic E-state index is 13.1. The zero-order valence-corrected chi connectivity index (χ0v) is 28.8. The van der Waals surface area contributed by atoms with Crippen molar-refractivity contribution in [2.45, 2.75) is 117 Å². The van der Waals surface area contributed by atoms with Crippen LogP contribution in [-0.4, -0.2) is 47.8 Å². The van der Waals surface area contributed by atoms with E-state index in [4.69, 9.17) is 0 Å². The highest BCUT2D eigenvalue weighted by Gasteiger charge is 2.60. The molecule has 0 spiro atoms. The lowest BCUT2D eigenvalue weighted by molar-refractivity contribution is -0.928. The van der Waals surface area contributed by atoms with E-state index in [0.717, 1.165) is 73.0 Å². The van der Waals surface area contributed by atoms with E-state index in [1.807, 2.05) is 6.08 Å². The molecular weight excluding hydrogens is 564 g/mol. The third-order valence-electron chi connectivity index (χ3n) is 14.4. The van der Waals surface area contributed by atoms with Crippen molar-refractivity contribution in [3.63, 3.8) is 0 Å². The van der Waals surface area contributed by atoms with Crippen LogP contribution in [0.15, 0.2) is 30.8 Å². The predicted octanol–water partition coefficient (Wildman–Crippen LogP) is 5.00. The van der Waals surface area contributed by atoms with Gasteiger partial charge in [-0.15, -0.1) is 0 Å². The summed E-state index contributed by atoms with van der Waals surface area (Å²) >= 11 is 0. The second-order valence-electron chi connectivity index (χ2n) is 16.5. The molecule has 5 fully saturated rings. The molecule has 1 aromatic carbocycles. The molecule has 9 atom stereocenters. The highest BCUT2D eigenvalue weighted by Crippen LogP contribution is 2.68. The molecule has 1 saturated heterocycles. The standard InChI is InChI=1S/C39H60N2O2.ClH/c1-5-29-9-11-30(12-10-29)27-41(23-6-7-24-41)25-22-40-37(43)17-8-28(2)34-15-16-35-33-14-13-31-26-32(42)18-20-38(31,3)36(33)19-21-39(34,35)4;/h5,9-12,28,31-36,42H,1,6-8,13-27H2,2-4H3;1H/t28?,31?,32-,33?,34-,35?,36?,38+,39-;/m1./s1. The fraction of sp³-hybridized carbons (Fsp3) is 0.769. The van der Waals surface area contributed by atoms with Crippen molar-refractivity contribution in [2.24, 2.45) is 46.3 Å². The van der Waals surface area contributed by atoms with E-state index in [0.29, 0.717) is 23.2 Å². The van der Waals surface area contributed by atoms with Crippen LogP contribution in [-0.2, 0) is 11.3 Å². The monoisotopic (exact) mass is 624 g/mol. The van der Waals surface area contributed by atoms with Crippen LogP contribution in [0.1, 0.15) is 115 Å². The molecule has 5 aliphatic rings. The molecule has 2 N–H and O–H groups in total. The zero-order valence-electron chi connectivity index (χ0n) is 28.0. The summed E-state index contributed by atoms with van der Waals surface area (Å²) in [6.45, 7) is 16.9. The van der Waals surface area contributed by atoms with Crippen molar-refractivity contribution in [2.75, 3.05) is 26.2 Å². The number of carbonyl (C=O) groups is 1. The van der Waals surface area contributed by atoms with Crippen molar-refractivity contribution >= 4 is 12.0 Å².